The molecule has 138 valence electrons. The third-order valence-electron chi connectivity index (χ3n) is 4.25. The molecule has 4 rings (SSSR count). The molecule has 5 heteroatoms. The van der Waals surface area contributed by atoms with Gasteiger partial charge in [0.25, 0.3) is 0 Å². The van der Waals surface area contributed by atoms with Gasteiger partial charge >= 0.3 is 5.97 Å². The lowest BCUT2D eigenvalue weighted by molar-refractivity contribution is -0.136. The van der Waals surface area contributed by atoms with Crippen LogP contribution < -0.4 is 4.74 Å². The first-order valence-electron chi connectivity index (χ1n) is 8.73. The molecule has 0 unspecified atom stereocenters. The number of ether oxygens (including phenoxy) is 1. The van der Waals surface area contributed by atoms with Crippen LogP contribution in [0.5, 0.6) is 5.75 Å². The van der Waals surface area contributed by atoms with Crippen molar-refractivity contribution >= 4 is 17.8 Å². The number of nitrogens with zero attached hydrogens (tertiary/aromatic N) is 1. The Kier molecular flexibility index (Phi) is 4.97. The first-order chi connectivity index (χ1) is 13.7. The fraction of sp³-hybridized carbons (Fsp3) is 0.0435. The van der Waals surface area contributed by atoms with Crippen LogP contribution in [0.1, 0.15) is 16.7 Å². The van der Waals surface area contributed by atoms with Crippen LogP contribution in [0.15, 0.2) is 89.6 Å². The quantitative estimate of drug-likeness (QED) is 0.479. The van der Waals surface area contributed by atoms with E-state index in [9.17, 15) is 9.18 Å². The Hall–Kier alpha value is -3.73. The van der Waals surface area contributed by atoms with Crippen molar-refractivity contribution in [2.45, 2.75) is 6.61 Å². The van der Waals surface area contributed by atoms with Gasteiger partial charge < -0.3 is 9.57 Å². The fourth-order valence-electron chi connectivity index (χ4n) is 2.79. The summed E-state index contributed by atoms with van der Waals surface area (Å²) in [4.78, 5) is 16.9. The number of rotatable bonds is 5. The Morgan fingerprint density at radius 1 is 0.929 bits per heavy atom. The van der Waals surface area contributed by atoms with Gasteiger partial charge in [0.15, 0.2) is 0 Å². The van der Waals surface area contributed by atoms with Gasteiger partial charge in [0.2, 0.25) is 0 Å². The highest BCUT2D eigenvalue weighted by Gasteiger charge is 2.26. The Labute approximate surface area is 161 Å². The Morgan fingerprint density at radius 3 is 2.36 bits per heavy atom. The Balaban J connectivity index is 1.48. The minimum absolute atomic E-state index is 0.273. The zero-order valence-electron chi connectivity index (χ0n) is 14.8. The van der Waals surface area contributed by atoms with E-state index in [4.69, 9.17) is 9.57 Å². The number of halogens is 1. The van der Waals surface area contributed by atoms with Crippen molar-refractivity contribution in [2.24, 2.45) is 5.16 Å². The largest absolute Gasteiger partial charge is 0.489 e. The molecule has 0 atom stereocenters. The summed E-state index contributed by atoms with van der Waals surface area (Å²) in [6.07, 6.45) is 1.74. The van der Waals surface area contributed by atoms with Crippen molar-refractivity contribution in [1.29, 1.82) is 0 Å². The van der Waals surface area contributed by atoms with Crippen LogP contribution in [-0.4, -0.2) is 11.7 Å². The molecule has 3 aromatic rings. The molecule has 1 aliphatic rings. The molecule has 0 saturated heterocycles. The first kappa shape index (κ1) is 17.7. The topological polar surface area (TPSA) is 47.9 Å². The highest BCUT2D eigenvalue weighted by Crippen LogP contribution is 2.22. The van der Waals surface area contributed by atoms with Crippen LogP contribution in [0.4, 0.5) is 4.39 Å². The summed E-state index contributed by atoms with van der Waals surface area (Å²) < 4.78 is 18.6. The molecule has 0 aromatic heterocycles. The van der Waals surface area contributed by atoms with Crippen LogP contribution >= 0.6 is 0 Å². The summed E-state index contributed by atoms with van der Waals surface area (Å²) >= 11 is 0. The molecule has 0 fully saturated rings. The summed E-state index contributed by atoms with van der Waals surface area (Å²) in [5.41, 5.74) is 3.45. The van der Waals surface area contributed by atoms with E-state index in [1.807, 2.05) is 54.6 Å². The monoisotopic (exact) mass is 373 g/mol. The van der Waals surface area contributed by atoms with Gasteiger partial charge in [-0.15, -0.1) is 0 Å². The molecular weight excluding hydrogens is 357 g/mol. The molecule has 0 aliphatic carbocycles. The van der Waals surface area contributed by atoms with Crippen molar-refractivity contribution in [2.75, 3.05) is 0 Å². The van der Waals surface area contributed by atoms with Crippen molar-refractivity contribution < 1.29 is 18.8 Å². The van der Waals surface area contributed by atoms with Gasteiger partial charge in [-0.2, -0.15) is 0 Å². The molecule has 1 aliphatic heterocycles. The van der Waals surface area contributed by atoms with E-state index in [1.54, 1.807) is 18.2 Å². The van der Waals surface area contributed by atoms with Gasteiger partial charge in [-0.1, -0.05) is 59.8 Å². The molecule has 3 aromatic carbocycles. The molecule has 0 spiro atoms. The van der Waals surface area contributed by atoms with E-state index in [2.05, 4.69) is 5.16 Å². The van der Waals surface area contributed by atoms with E-state index in [0.29, 0.717) is 23.6 Å². The van der Waals surface area contributed by atoms with Crippen molar-refractivity contribution in [1.82, 2.24) is 0 Å². The third-order valence-corrected chi connectivity index (χ3v) is 4.25. The summed E-state index contributed by atoms with van der Waals surface area (Å²) in [5, 5.41) is 3.90. The Bertz CT molecular complexity index is 1040. The molecule has 0 saturated carbocycles. The number of oxime groups is 1. The van der Waals surface area contributed by atoms with E-state index in [-0.39, 0.29) is 5.82 Å². The smallest absolute Gasteiger partial charge is 0.368 e. The number of hydrogen-bond acceptors (Lipinski definition) is 4. The lowest BCUT2D eigenvalue weighted by Gasteiger charge is -2.07. The van der Waals surface area contributed by atoms with E-state index < -0.39 is 5.97 Å². The molecule has 0 amide bonds. The summed E-state index contributed by atoms with van der Waals surface area (Å²) in [5.74, 6) is -0.0714. The van der Waals surface area contributed by atoms with E-state index in [0.717, 1.165) is 16.7 Å². The lowest BCUT2D eigenvalue weighted by atomic mass is 10.0. The second-order valence-electron chi connectivity index (χ2n) is 6.23. The summed E-state index contributed by atoms with van der Waals surface area (Å²) in [7, 11) is 0. The highest BCUT2D eigenvalue weighted by atomic mass is 19.1. The first-order valence-corrected chi connectivity index (χ1v) is 8.73. The van der Waals surface area contributed by atoms with Crippen molar-refractivity contribution in [3.05, 3.63) is 107 Å². The number of hydrogen-bond donors (Lipinski definition) is 0. The standard InChI is InChI=1S/C23H16FNO3/c24-19-10-6-17(7-11-19)15-27-20-12-8-16(9-13-20)14-21-22(25-28-23(21)26)18-4-2-1-3-5-18/h1-14H,15H2/b21-14+. The fourth-order valence-corrected chi connectivity index (χ4v) is 2.79. The third kappa shape index (κ3) is 3.99. The van der Waals surface area contributed by atoms with Crippen LogP contribution in [-0.2, 0) is 16.2 Å². The molecule has 0 bridgehead atoms. The van der Waals surface area contributed by atoms with Crippen molar-refractivity contribution in [3.8, 4) is 5.75 Å². The van der Waals surface area contributed by atoms with Gasteiger partial charge in [0.1, 0.15) is 23.9 Å². The predicted octanol–water partition coefficient (Wildman–Crippen LogP) is 4.75. The maximum absolute atomic E-state index is 12.9. The summed E-state index contributed by atoms with van der Waals surface area (Å²) in [6, 6.07) is 22.9. The van der Waals surface area contributed by atoms with E-state index >= 15 is 0 Å². The average molecular weight is 373 g/mol. The maximum Gasteiger partial charge on any atom is 0.368 e. The van der Waals surface area contributed by atoms with E-state index in [1.165, 1.54) is 12.1 Å². The average Bonchev–Trinajstić information content (AvgIpc) is 3.09. The molecule has 0 N–H and O–H groups in total. The zero-order chi connectivity index (χ0) is 19.3. The second kappa shape index (κ2) is 7.88. The molecule has 0 radical (unpaired) electrons. The normalized spacial score (nSPS) is 14.7. The lowest BCUT2D eigenvalue weighted by Crippen LogP contribution is -2.06. The predicted molar refractivity (Wildman–Crippen MR) is 104 cm³/mol. The van der Waals surface area contributed by atoms with Crippen LogP contribution in [0.25, 0.3) is 6.08 Å². The minimum atomic E-state index is -0.476. The van der Waals surface area contributed by atoms with Gasteiger partial charge in [-0.25, -0.2) is 9.18 Å². The van der Waals surface area contributed by atoms with Crippen LogP contribution in [0.2, 0.25) is 0 Å². The van der Waals surface area contributed by atoms with Gasteiger partial charge in [-0.05, 0) is 41.5 Å². The minimum Gasteiger partial charge on any atom is -0.489 e. The molecule has 4 nitrogen and oxygen atoms in total. The van der Waals surface area contributed by atoms with Crippen molar-refractivity contribution in [3.63, 3.8) is 0 Å². The number of carbonyl (C=O) groups excluding carboxylic acids is 1. The zero-order valence-corrected chi connectivity index (χ0v) is 14.8. The number of carbonyl (C=O) groups is 1. The van der Waals surface area contributed by atoms with Gasteiger partial charge in [0, 0.05) is 5.56 Å². The molecular formula is C23H16FNO3. The second-order valence-corrected chi connectivity index (χ2v) is 6.23. The van der Waals surface area contributed by atoms with Gasteiger partial charge in [-0.3, -0.25) is 0 Å². The maximum atomic E-state index is 12.9. The number of benzene rings is 3. The van der Waals surface area contributed by atoms with Gasteiger partial charge in [0.05, 0.1) is 5.57 Å². The van der Waals surface area contributed by atoms with Crippen LogP contribution in [0.3, 0.4) is 0 Å². The Morgan fingerprint density at radius 2 is 1.64 bits per heavy atom. The summed E-state index contributed by atoms with van der Waals surface area (Å²) in [6.45, 7) is 0.345. The van der Waals surface area contributed by atoms with Crippen LogP contribution in [0, 0.1) is 5.82 Å². The molecule has 1 heterocycles. The molecule has 28 heavy (non-hydrogen) atoms. The SMILES string of the molecule is O=C1ON=C(c2ccccc2)/C1=C\c1ccc(OCc2ccc(F)cc2)cc1. The highest BCUT2D eigenvalue weighted by molar-refractivity contribution is 6.31.